The Morgan fingerprint density at radius 3 is 2.81 bits per heavy atom. The second-order valence-corrected chi connectivity index (χ2v) is 5.93. The van der Waals surface area contributed by atoms with Crippen LogP contribution < -0.4 is 4.90 Å². The summed E-state index contributed by atoms with van der Waals surface area (Å²) in [5.74, 6) is 0.783. The summed E-state index contributed by atoms with van der Waals surface area (Å²) >= 11 is 1.52. The molecule has 1 aromatic carbocycles. The van der Waals surface area contributed by atoms with Gasteiger partial charge in [0.15, 0.2) is 12.0 Å². The maximum absolute atomic E-state index is 13.1. The molecule has 3 rings (SSSR count). The Labute approximate surface area is 127 Å². The monoisotopic (exact) mass is 303 g/mol. The van der Waals surface area contributed by atoms with Gasteiger partial charge in [0.1, 0.15) is 12.0 Å². The van der Waals surface area contributed by atoms with E-state index in [1.807, 2.05) is 4.90 Å². The topological polar surface area (TPSA) is 25.4 Å². The number of hydrogen-bond acceptors (Lipinski definition) is 4. The molecule has 3 nitrogen and oxygen atoms in total. The molecular weight excluding hydrogens is 287 g/mol. The van der Waals surface area contributed by atoms with Crippen molar-refractivity contribution in [2.24, 2.45) is 5.92 Å². The van der Waals surface area contributed by atoms with Crippen LogP contribution in [-0.4, -0.2) is 11.2 Å². The van der Waals surface area contributed by atoms with Gasteiger partial charge in [-0.25, -0.2) is 4.39 Å². The molecule has 0 spiro atoms. The molecule has 2 heterocycles. The van der Waals surface area contributed by atoms with Gasteiger partial charge in [-0.2, -0.15) is 0 Å². The van der Waals surface area contributed by atoms with Crippen molar-refractivity contribution in [3.05, 3.63) is 52.9 Å². The molecule has 0 fully saturated rings. The van der Waals surface area contributed by atoms with Gasteiger partial charge in [-0.3, -0.25) is 9.88 Å². The van der Waals surface area contributed by atoms with Gasteiger partial charge in [0, 0.05) is 17.8 Å². The summed E-state index contributed by atoms with van der Waals surface area (Å²) in [5.41, 5.74) is 2.65. The van der Waals surface area contributed by atoms with Gasteiger partial charge in [-0.05, 0) is 30.7 Å². The van der Waals surface area contributed by atoms with Crippen molar-refractivity contribution < 1.29 is 9.13 Å². The summed E-state index contributed by atoms with van der Waals surface area (Å²) < 4.78 is 19.2. The first-order chi connectivity index (χ1) is 10.2. The van der Waals surface area contributed by atoms with Crippen molar-refractivity contribution in [2.75, 3.05) is 4.90 Å². The summed E-state index contributed by atoms with van der Waals surface area (Å²) in [6.45, 7) is 4.26. The number of hydrogen-bond donors (Lipinski definition) is 0. The number of thiazole rings is 1. The molecule has 1 aliphatic heterocycles. The first-order valence-electron chi connectivity index (χ1n) is 6.93. The number of anilines is 1. The van der Waals surface area contributed by atoms with Crippen LogP contribution in [0.25, 0.3) is 5.76 Å². The lowest BCUT2D eigenvalue weighted by Gasteiger charge is -2.28. The highest BCUT2D eigenvalue weighted by molar-refractivity contribution is 7.10. The van der Waals surface area contributed by atoms with Crippen molar-refractivity contribution in [2.45, 2.75) is 26.5 Å². The quantitative estimate of drug-likeness (QED) is 0.842. The zero-order valence-electron chi connectivity index (χ0n) is 11.9. The van der Waals surface area contributed by atoms with E-state index in [4.69, 9.17) is 4.74 Å². The van der Waals surface area contributed by atoms with Crippen LogP contribution in [0.5, 0.6) is 0 Å². The van der Waals surface area contributed by atoms with Crippen molar-refractivity contribution in [1.29, 1.82) is 0 Å². The summed E-state index contributed by atoms with van der Waals surface area (Å²) in [6.07, 6.45) is 5.90. The molecule has 21 heavy (non-hydrogen) atoms. The van der Waals surface area contributed by atoms with Gasteiger partial charge in [-0.1, -0.05) is 13.8 Å². The minimum Gasteiger partial charge on any atom is -0.466 e. The van der Waals surface area contributed by atoms with Gasteiger partial charge < -0.3 is 4.74 Å². The SMILES string of the molecule is CCC(C)C1OC(c2cncs2)=[C]N1c1ccc(F)cc1. The number of benzene rings is 1. The Bertz CT molecular complexity index is 624. The van der Waals surface area contributed by atoms with Crippen LogP contribution in [0.15, 0.2) is 36.0 Å². The van der Waals surface area contributed by atoms with E-state index < -0.39 is 0 Å². The Hall–Kier alpha value is -1.88. The third-order valence-corrected chi connectivity index (χ3v) is 4.38. The molecule has 0 saturated carbocycles. The molecule has 0 amide bonds. The van der Waals surface area contributed by atoms with E-state index in [0.717, 1.165) is 17.0 Å². The predicted octanol–water partition coefficient (Wildman–Crippen LogP) is 4.29. The van der Waals surface area contributed by atoms with Crippen LogP contribution in [0, 0.1) is 17.9 Å². The Balaban J connectivity index is 1.94. The predicted molar refractivity (Wildman–Crippen MR) is 82.0 cm³/mol. The highest BCUT2D eigenvalue weighted by Crippen LogP contribution is 2.35. The minimum atomic E-state index is -0.245. The molecule has 109 valence electrons. The second kappa shape index (κ2) is 5.85. The number of nitrogens with zero attached hydrogens (tertiary/aromatic N) is 2. The van der Waals surface area contributed by atoms with Crippen molar-refractivity contribution in [3.8, 4) is 0 Å². The third-order valence-electron chi connectivity index (χ3n) is 3.61. The molecule has 1 aliphatic rings. The lowest BCUT2D eigenvalue weighted by atomic mass is 10.1. The van der Waals surface area contributed by atoms with E-state index in [2.05, 4.69) is 25.0 Å². The highest BCUT2D eigenvalue weighted by Gasteiger charge is 2.32. The molecule has 2 unspecified atom stereocenters. The zero-order valence-corrected chi connectivity index (χ0v) is 12.7. The van der Waals surface area contributed by atoms with Crippen molar-refractivity contribution >= 4 is 22.8 Å². The van der Waals surface area contributed by atoms with Crippen LogP contribution >= 0.6 is 11.3 Å². The van der Waals surface area contributed by atoms with E-state index in [-0.39, 0.29) is 12.0 Å². The Morgan fingerprint density at radius 1 is 1.43 bits per heavy atom. The van der Waals surface area contributed by atoms with Crippen LogP contribution in [0.1, 0.15) is 25.1 Å². The molecule has 0 saturated heterocycles. The van der Waals surface area contributed by atoms with E-state index in [1.54, 1.807) is 23.8 Å². The number of ether oxygens (including phenoxy) is 1. The fourth-order valence-corrected chi connectivity index (χ4v) is 2.76. The average molecular weight is 303 g/mol. The summed E-state index contributed by atoms with van der Waals surface area (Å²) in [7, 11) is 0. The number of halogens is 1. The van der Waals surface area contributed by atoms with E-state index >= 15 is 0 Å². The lowest BCUT2D eigenvalue weighted by molar-refractivity contribution is 0.132. The summed E-state index contributed by atoms with van der Waals surface area (Å²) in [6, 6.07) is 6.40. The molecule has 1 radical (unpaired) electrons. The zero-order chi connectivity index (χ0) is 14.8. The molecule has 1 aromatic heterocycles. The van der Waals surface area contributed by atoms with Crippen LogP contribution in [0.2, 0.25) is 0 Å². The van der Waals surface area contributed by atoms with E-state index in [0.29, 0.717) is 11.7 Å². The molecule has 5 heteroatoms. The maximum atomic E-state index is 13.1. The maximum Gasteiger partial charge on any atom is 0.179 e. The van der Waals surface area contributed by atoms with Crippen molar-refractivity contribution in [3.63, 3.8) is 0 Å². The molecule has 0 aliphatic carbocycles. The molecule has 0 bridgehead atoms. The van der Waals surface area contributed by atoms with Crippen LogP contribution in [-0.2, 0) is 4.74 Å². The van der Waals surface area contributed by atoms with Gasteiger partial charge >= 0.3 is 0 Å². The second-order valence-electron chi connectivity index (χ2n) is 5.05. The molecule has 2 aromatic rings. The number of rotatable bonds is 4. The summed E-state index contributed by atoms with van der Waals surface area (Å²) in [4.78, 5) is 6.97. The van der Waals surface area contributed by atoms with Gasteiger partial charge in [0.25, 0.3) is 0 Å². The van der Waals surface area contributed by atoms with Gasteiger partial charge in [-0.15, -0.1) is 11.3 Å². The standard InChI is InChI=1S/C16H16FN2OS/c1-3-11(2)16-19(13-6-4-12(17)5-7-13)9-14(20-16)15-8-18-10-21-15/h4-8,10-11,16H,3H2,1-2H3. The Morgan fingerprint density at radius 2 is 2.19 bits per heavy atom. The number of aromatic nitrogens is 1. The minimum absolute atomic E-state index is 0.127. The third kappa shape index (κ3) is 2.78. The first-order valence-corrected chi connectivity index (χ1v) is 7.81. The Kier molecular flexibility index (Phi) is 3.92. The first kappa shape index (κ1) is 14.1. The largest absolute Gasteiger partial charge is 0.466 e. The fourth-order valence-electron chi connectivity index (χ4n) is 2.20. The molecular formula is C16H16FN2OS. The lowest BCUT2D eigenvalue weighted by Crippen LogP contribution is -2.34. The van der Waals surface area contributed by atoms with Gasteiger partial charge in [0.05, 0.1) is 10.4 Å². The van der Waals surface area contributed by atoms with E-state index in [1.165, 1.54) is 23.5 Å². The fraction of sp³-hybridized carbons (Fsp3) is 0.312. The van der Waals surface area contributed by atoms with Crippen molar-refractivity contribution in [1.82, 2.24) is 4.98 Å². The normalized spacial score (nSPS) is 19.3. The average Bonchev–Trinajstić information content (AvgIpc) is 3.16. The summed E-state index contributed by atoms with van der Waals surface area (Å²) in [5, 5.41) is 0. The smallest absolute Gasteiger partial charge is 0.179 e. The van der Waals surface area contributed by atoms with Crippen LogP contribution in [0.3, 0.4) is 0 Å². The van der Waals surface area contributed by atoms with Gasteiger partial charge in [0.2, 0.25) is 0 Å². The van der Waals surface area contributed by atoms with Crippen LogP contribution in [0.4, 0.5) is 10.1 Å². The highest BCUT2D eigenvalue weighted by atomic mass is 32.1. The molecule has 2 atom stereocenters. The molecule has 0 N–H and O–H groups in total. The van der Waals surface area contributed by atoms with E-state index in [9.17, 15) is 4.39 Å².